The van der Waals surface area contributed by atoms with E-state index < -0.39 is 92.0 Å². The minimum atomic E-state index is -3.76. The van der Waals surface area contributed by atoms with Crippen molar-refractivity contribution in [2.45, 2.75) is 37.0 Å². The van der Waals surface area contributed by atoms with Gasteiger partial charge in [-0.1, -0.05) is 0 Å². The molecule has 0 fully saturated rings. The summed E-state index contributed by atoms with van der Waals surface area (Å²) in [6.45, 7) is 5.81. The third-order valence-electron chi connectivity index (χ3n) is 22.1. The Bertz CT molecular complexity index is 6990. The lowest BCUT2D eigenvalue weighted by atomic mass is 10.0. The number of H-pyrrole nitrogens is 1. The summed E-state index contributed by atoms with van der Waals surface area (Å²) >= 11 is 0. The molecule has 0 saturated carbocycles. The van der Waals surface area contributed by atoms with Crippen molar-refractivity contribution in [2.75, 3.05) is 189 Å². The Morgan fingerprint density at radius 2 is 0.793 bits per heavy atom. The number of pyridine rings is 1. The molecule has 150 heavy (non-hydrogen) atoms. The van der Waals surface area contributed by atoms with Gasteiger partial charge in [0.15, 0.2) is 44.7 Å². The number of nitrogens with one attached hydrogen (secondary N) is 13. The number of amides is 12. The fourth-order valence-corrected chi connectivity index (χ4v) is 15.3. The second-order valence-electron chi connectivity index (χ2n) is 33.7. The van der Waals surface area contributed by atoms with Crippen LogP contribution in [0.3, 0.4) is 0 Å². The zero-order chi connectivity index (χ0) is 108. The van der Waals surface area contributed by atoms with E-state index in [0.29, 0.717) is 109 Å². The van der Waals surface area contributed by atoms with Crippen LogP contribution in [0.1, 0.15) is 117 Å². The smallest absolute Gasteiger partial charge is 0.291 e. The van der Waals surface area contributed by atoms with Crippen LogP contribution in [0.15, 0.2) is 150 Å². The van der Waals surface area contributed by atoms with Crippen LogP contribution in [-0.2, 0) is 123 Å². The van der Waals surface area contributed by atoms with E-state index in [1.807, 2.05) is 0 Å². The molecule has 0 atom stereocenters. The van der Waals surface area contributed by atoms with Crippen LogP contribution in [0.4, 0.5) is 49.0 Å². The number of carbonyl (C=O) groups is 12. The minimum absolute atomic E-state index is 0.00433. The van der Waals surface area contributed by atoms with E-state index in [-0.39, 0.29) is 210 Å². The first-order valence-corrected chi connectivity index (χ1v) is 49.0. The number of nitrogens with zero attached hydrogens (tertiary/aromatic N) is 12. The average molecular weight is 2100 g/mol. The van der Waals surface area contributed by atoms with Crippen LogP contribution >= 0.6 is 0 Å². The number of halogens is 2. The lowest BCUT2D eigenvalue weighted by Gasteiger charge is -2.15. The number of carbonyl (C=O) groups excluding carboxylic acids is 12. The van der Waals surface area contributed by atoms with Gasteiger partial charge in [-0.15, -0.1) is 0 Å². The van der Waals surface area contributed by atoms with Crippen LogP contribution in [0.2, 0.25) is 0 Å². The molecule has 53 heteroatoms. The number of aryl methyl sites for hydroxylation is 8. The van der Waals surface area contributed by atoms with Crippen molar-refractivity contribution in [1.82, 2.24) is 88.0 Å². The number of aromatic amines is 1. The standard InChI is InChI=1S/C97H117F2N25O25S/c1-117-29-27-101-85(117)95(135)108-63-49-73(119(3)54-63)91(131)103-25-22-83(128)112-78-58-123(7)88(114-78)96(136)109-64-50-72(118(2)55-64)90(130)102-23-10-11-81(126)111-77-57-121(5)86(113-77)93(133)105-26-21-82(127)106-62-48-74(120(4)53-62)92(132)116-79-59-122(6)87(115-79)94(134)104-24-20-80(125)100-28-30-140-31-32-141-33-34-142-35-36-143-37-38-144-39-40-145-41-42-146-43-44-147-45-46-148-65-15-13-61(14-16-65)107-89(129)71-52-68-69(56-124(8)97(137)84(68)110-71)67-51-66(150(9,138)139)17-19-75(67)149-76-18-12-60(98)47-70(76)99/h12-19,27,29,47-59,110H,10-11,20-26,28,30-46H2,1-9H3,(H,100,125)(H,102,130)(H,103,131)(H,104,134)(H,105,133)(H,106,127)(H,107,129)(H,108,135)(H,109,136)(H,111,126)(H,112,128)(H,116,132). The van der Waals surface area contributed by atoms with Gasteiger partial charge in [-0.25, -0.2) is 37.1 Å². The molecule has 12 rings (SSSR count). The van der Waals surface area contributed by atoms with E-state index in [9.17, 15) is 79.5 Å². The summed E-state index contributed by atoms with van der Waals surface area (Å²) in [6.07, 6.45) is 14.3. The number of sulfone groups is 1. The Morgan fingerprint density at radius 3 is 1.29 bits per heavy atom. The molecule has 9 heterocycles. The summed E-state index contributed by atoms with van der Waals surface area (Å²) in [5.74, 6) is -7.73. The number of aromatic nitrogens is 13. The zero-order valence-electron chi connectivity index (χ0n) is 83.6. The topological polar surface area (TPSA) is 600 Å². The summed E-state index contributed by atoms with van der Waals surface area (Å²) in [7, 11) is 8.84. The predicted molar refractivity (Wildman–Crippen MR) is 539 cm³/mol. The SMILES string of the molecule is Cn1cc(NC(=O)c2nc(NC(=O)CCNC(=O)c3cc(NC(=O)c4nccn4C)cn3C)cn2C)cc1C(=O)NCCCC(=O)Nc1cn(C)c(C(=O)NCCC(=O)Nc2cc(C(=O)Nc3cn(C)c(C(=O)NCCC(=O)NCCOCCOCCOCCOCCOCCOCCOCCOCCOc4ccc(NC(=O)c5cc6c(-c7cc(S(C)(=O)=O)ccc7Oc7ccc(F)cc7F)cn(C)c(=O)c6[nH]5)cc4)n3)n(C)c2)n1. The van der Waals surface area contributed by atoms with E-state index in [2.05, 4.69) is 88.7 Å². The maximum Gasteiger partial charge on any atom is 0.291 e. The lowest BCUT2D eigenvalue weighted by molar-refractivity contribution is -0.121. The van der Waals surface area contributed by atoms with Crippen molar-refractivity contribution in [3.8, 4) is 28.4 Å². The fraction of sp³-hybridized carbons (Fsp3) is 0.371. The Hall–Kier alpha value is -16.4. The van der Waals surface area contributed by atoms with Crippen LogP contribution in [0.5, 0.6) is 17.2 Å². The first-order valence-electron chi connectivity index (χ1n) is 47.1. The maximum atomic E-state index is 14.7. The monoisotopic (exact) mass is 2100 g/mol. The molecule has 0 spiro atoms. The highest BCUT2D eigenvalue weighted by Crippen LogP contribution is 2.40. The molecule has 50 nitrogen and oxygen atoms in total. The number of hydrogen-bond donors (Lipinski definition) is 13. The van der Waals surface area contributed by atoms with E-state index in [4.69, 9.17) is 47.4 Å². The molecule has 12 amide bonds. The molecule has 0 aliphatic carbocycles. The summed E-state index contributed by atoms with van der Waals surface area (Å²) in [6, 6.07) is 19.0. The normalized spacial score (nSPS) is 11.3. The molecular weight excluding hydrogens is 1990 g/mol. The molecule has 13 N–H and O–H groups in total. The number of benzene rings is 3. The van der Waals surface area contributed by atoms with Gasteiger partial charge in [0.05, 0.1) is 128 Å². The Balaban J connectivity index is 0.418. The number of imidazole rings is 4. The van der Waals surface area contributed by atoms with E-state index in [0.717, 1.165) is 18.4 Å². The lowest BCUT2D eigenvalue weighted by Crippen LogP contribution is -2.33. The van der Waals surface area contributed by atoms with Crippen molar-refractivity contribution >= 4 is 132 Å². The molecule has 0 bridgehead atoms. The van der Waals surface area contributed by atoms with Crippen LogP contribution in [0.25, 0.3) is 22.0 Å². The summed E-state index contributed by atoms with van der Waals surface area (Å²) in [5.41, 5.74) is 1.84. The van der Waals surface area contributed by atoms with Gasteiger partial charge in [-0.2, -0.15) is 0 Å². The van der Waals surface area contributed by atoms with Crippen LogP contribution < -0.4 is 78.8 Å². The van der Waals surface area contributed by atoms with E-state index in [1.165, 1.54) is 125 Å². The van der Waals surface area contributed by atoms with E-state index in [1.54, 1.807) is 90.6 Å². The molecule has 0 radical (unpaired) electrons. The van der Waals surface area contributed by atoms with Gasteiger partial charge in [0.25, 0.3) is 52.8 Å². The highest BCUT2D eigenvalue weighted by molar-refractivity contribution is 7.90. The number of rotatable bonds is 60. The first kappa shape index (κ1) is 112. The van der Waals surface area contributed by atoms with Crippen molar-refractivity contribution in [2.24, 2.45) is 56.4 Å². The first-order chi connectivity index (χ1) is 72.0. The van der Waals surface area contributed by atoms with Crippen molar-refractivity contribution < 1.29 is 122 Å². The largest absolute Gasteiger partial charge is 0.491 e. The highest BCUT2D eigenvalue weighted by Gasteiger charge is 2.28. The molecule has 0 saturated heterocycles. The highest BCUT2D eigenvalue weighted by atomic mass is 32.2. The fourth-order valence-electron chi connectivity index (χ4n) is 14.7. The quantitative estimate of drug-likeness (QED) is 0.0221. The minimum Gasteiger partial charge on any atom is -0.491 e. The Kier molecular flexibility index (Phi) is 41.1. The van der Waals surface area contributed by atoms with Gasteiger partial charge in [0.2, 0.25) is 41.1 Å². The number of hydrogen-bond acceptors (Lipinski definition) is 29. The van der Waals surface area contributed by atoms with Crippen molar-refractivity contribution in [1.29, 1.82) is 0 Å². The molecule has 0 aliphatic rings. The van der Waals surface area contributed by atoms with Gasteiger partial charge in [-0.3, -0.25) is 62.3 Å². The molecule has 800 valence electrons. The third kappa shape index (κ3) is 33.3. The van der Waals surface area contributed by atoms with Crippen LogP contribution in [-0.4, -0.2) is 292 Å². The van der Waals surface area contributed by atoms with Crippen LogP contribution in [0, 0.1) is 11.6 Å². The third-order valence-corrected chi connectivity index (χ3v) is 23.2. The van der Waals surface area contributed by atoms with Gasteiger partial charge < -0.3 is 153 Å². The van der Waals surface area contributed by atoms with Crippen molar-refractivity contribution in [3.05, 3.63) is 209 Å². The van der Waals surface area contributed by atoms with Crippen molar-refractivity contribution in [3.63, 3.8) is 0 Å². The zero-order valence-corrected chi connectivity index (χ0v) is 84.4. The summed E-state index contributed by atoms with van der Waals surface area (Å²) < 4.78 is 121. The summed E-state index contributed by atoms with van der Waals surface area (Å²) in [5, 5.41) is 32.4. The molecule has 12 aromatic rings. The molecule has 0 unspecified atom stereocenters. The molecule has 9 aromatic heterocycles. The second kappa shape index (κ2) is 54.8. The van der Waals surface area contributed by atoms with Gasteiger partial charge in [0.1, 0.15) is 52.2 Å². The number of anilines is 7. The number of fused-ring (bicyclic) bond motifs is 1. The molecule has 0 aliphatic heterocycles. The predicted octanol–water partition coefficient (Wildman–Crippen LogP) is 5.08. The Morgan fingerprint density at radius 1 is 0.360 bits per heavy atom. The van der Waals surface area contributed by atoms with Gasteiger partial charge in [0, 0.05) is 205 Å². The van der Waals surface area contributed by atoms with Gasteiger partial charge >= 0.3 is 0 Å². The Labute approximate surface area is 856 Å². The molecule has 3 aromatic carbocycles. The maximum absolute atomic E-state index is 14.7. The number of ether oxygens (including phenoxy) is 10. The second-order valence-corrected chi connectivity index (χ2v) is 35.7. The summed E-state index contributed by atoms with van der Waals surface area (Å²) in [4.78, 5) is 189. The van der Waals surface area contributed by atoms with Gasteiger partial charge in [-0.05, 0) is 85.3 Å². The molecular formula is C97H117F2N25O25S. The average Bonchev–Trinajstić information content (AvgIpc) is 1.58. The van der Waals surface area contributed by atoms with E-state index >= 15 is 0 Å².